The Bertz CT molecular complexity index is 1070. The highest BCUT2D eigenvalue weighted by molar-refractivity contribution is 5.67. The second-order valence-corrected chi connectivity index (χ2v) is 5.61. The lowest BCUT2D eigenvalue weighted by atomic mass is 10.1. The normalized spacial score (nSPS) is 12.9. The van der Waals surface area contributed by atoms with E-state index in [9.17, 15) is 0 Å². The highest BCUT2D eigenvalue weighted by Crippen LogP contribution is 2.35. The first kappa shape index (κ1) is 13.1. The monoisotopic (exact) mass is 319 g/mol. The van der Waals surface area contributed by atoms with Crippen molar-refractivity contribution >= 4 is 5.65 Å². The second-order valence-electron chi connectivity index (χ2n) is 5.61. The molecule has 1 aromatic carbocycles. The molecule has 0 aliphatic carbocycles. The molecule has 0 saturated heterocycles. The molecule has 0 radical (unpaired) electrons. The molecule has 24 heavy (non-hydrogen) atoms. The highest BCUT2D eigenvalue weighted by atomic mass is 16.7. The van der Waals surface area contributed by atoms with Gasteiger partial charge in [0.05, 0.1) is 30.0 Å². The van der Waals surface area contributed by atoms with E-state index in [0.29, 0.717) is 0 Å². The molecule has 7 heteroatoms. The van der Waals surface area contributed by atoms with Crippen molar-refractivity contribution in [1.29, 1.82) is 0 Å². The minimum atomic E-state index is 0.262. The summed E-state index contributed by atoms with van der Waals surface area (Å²) in [5.41, 5.74) is 4.57. The number of imidazole rings is 1. The molecule has 4 aromatic rings. The number of aryl methyl sites for hydroxylation is 1. The van der Waals surface area contributed by atoms with Gasteiger partial charge < -0.3 is 9.47 Å². The predicted molar refractivity (Wildman–Crippen MR) is 86.7 cm³/mol. The average molecular weight is 319 g/mol. The Balaban J connectivity index is 1.65. The van der Waals surface area contributed by atoms with Gasteiger partial charge in [-0.1, -0.05) is 0 Å². The van der Waals surface area contributed by atoms with Crippen LogP contribution in [0.25, 0.3) is 28.2 Å². The van der Waals surface area contributed by atoms with Crippen LogP contribution in [-0.2, 0) is 7.05 Å². The van der Waals surface area contributed by atoms with Crippen LogP contribution in [0.5, 0.6) is 11.5 Å². The van der Waals surface area contributed by atoms with Crippen LogP contribution in [0.15, 0.2) is 49.2 Å². The number of hydrogen-bond donors (Lipinski definition) is 0. The summed E-state index contributed by atoms with van der Waals surface area (Å²) >= 11 is 0. The van der Waals surface area contributed by atoms with Crippen molar-refractivity contribution in [1.82, 2.24) is 24.1 Å². The van der Waals surface area contributed by atoms with Crippen LogP contribution in [-0.4, -0.2) is 30.9 Å². The molecule has 0 N–H and O–H groups in total. The van der Waals surface area contributed by atoms with E-state index in [1.807, 2.05) is 54.4 Å². The molecular formula is C17H13N5O2. The molecule has 0 atom stereocenters. The Labute approximate surface area is 137 Å². The lowest BCUT2D eigenvalue weighted by molar-refractivity contribution is 0.174. The predicted octanol–water partition coefficient (Wildman–Crippen LogP) is 2.53. The van der Waals surface area contributed by atoms with Crippen molar-refractivity contribution in [3.63, 3.8) is 0 Å². The molecule has 4 heterocycles. The van der Waals surface area contributed by atoms with Gasteiger partial charge in [-0.15, -0.1) is 0 Å². The second kappa shape index (κ2) is 4.82. The zero-order valence-corrected chi connectivity index (χ0v) is 12.9. The molecule has 0 amide bonds. The lowest BCUT2D eigenvalue weighted by Gasteiger charge is -2.05. The summed E-state index contributed by atoms with van der Waals surface area (Å²) < 4.78 is 14.6. The van der Waals surface area contributed by atoms with Crippen molar-refractivity contribution < 1.29 is 9.47 Å². The van der Waals surface area contributed by atoms with E-state index in [0.717, 1.165) is 39.7 Å². The number of hydrogen-bond acceptors (Lipinski definition) is 5. The van der Waals surface area contributed by atoms with Crippen LogP contribution in [0.4, 0.5) is 0 Å². The maximum atomic E-state index is 5.45. The van der Waals surface area contributed by atoms with Gasteiger partial charge in [0.15, 0.2) is 17.1 Å². The number of fused-ring (bicyclic) bond motifs is 2. The summed E-state index contributed by atoms with van der Waals surface area (Å²) in [6.45, 7) is 0.262. The molecule has 118 valence electrons. The fraction of sp³-hybridized carbons (Fsp3) is 0.118. The molecule has 0 fully saturated rings. The van der Waals surface area contributed by atoms with Gasteiger partial charge in [0, 0.05) is 30.6 Å². The van der Waals surface area contributed by atoms with Gasteiger partial charge in [-0.3, -0.25) is 14.1 Å². The summed E-state index contributed by atoms with van der Waals surface area (Å²) in [6, 6.07) is 5.82. The smallest absolute Gasteiger partial charge is 0.231 e. The van der Waals surface area contributed by atoms with E-state index in [4.69, 9.17) is 9.47 Å². The summed E-state index contributed by atoms with van der Waals surface area (Å²) in [5, 5.41) is 4.23. The van der Waals surface area contributed by atoms with Gasteiger partial charge in [-0.25, -0.2) is 4.98 Å². The molecular weight excluding hydrogens is 306 g/mol. The molecule has 5 rings (SSSR count). The minimum absolute atomic E-state index is 0.262. The van der Waals surface area contributed by atoms with Crippen molar-refractivity contribution in [3.8, 4) is 34.0 Å². The number of benzene rings is 1. The molecule has 1 aliphatic rings. The first-order chi connectivity index (χ1) is 11.8. The SMILES string of the molecule is Cn1cc(-c2cnc3cnc(-c4ccc5c(c4)OCO5)cn23)cn1. The van der Waals surface area contributed by atoms with Gasteiger partial charge in [0.2, 0.25) is 6.79 Å². The molecule has 3 aromatic heterocycles. The lowest BCUT2D eigenvalue weighted by Crippen LogP contribution is -1.93. The van der Waals surface area contributed by atoms with Crippen molar-refractivity contribution in [2.75, 3.05) is 6.79 Å². The highest BCUT2D eigenvalue weighted by Gasteiger charge is 2.15. The van der Waals surface area contributed by atoms with Crippen LogP contribution < -0.4 is 9.47 Å². The van der Waals surface area contributed by atoms with Crippen LogP contribution in [0, 0.1) is 0 Å². The van der Waals surface area contributed by atoms with Crippen molar-refractivity contribution in [2.45, 2.75) is 0 Å². The van der Waals surface area contributed by atoms with E-state index in [1.165, 1.54) is 0 Å². The molecule has 0 saturated carbocycles. The molecule has 0 spiro atoms. The van der Waals surface area contributed by atoms with Crippen LogP contribution in [0.1, 0.15) is 0 Å². The molecule has 7 nitrogen and oxygen atoms in total. The third-order valence-corrected chi connectivity index (χ3v) is 4.06. The first-order valence-electron chi connectivity index (χ1n) is 7.50. The van der Waals surface area contributed by atoms with E-state index in [1.54, 1.807) is 10.9 Å². The van der Waals surface area contributed by atoms with E-state index < -0.39 is 0 Å². The van der Waals surface area contributed by atoms with E-state index in [-0.39, 0.29) is 6.79 Å². The largest absolute Gasteiger partial charge is 0.454 e. The summed E-state index contributed by atoms with van der Waals surface area (Å²) in [5.74, 6) is 1.51. The Hall–Kier alpha value is -3.35. The summed E-state index contributed by atoms with van der Waals surface area (Å²) in [6.07, 6.45) is 9.35. The van der Waals surface area contributed by atoms with Crippen LogP contribution in [0.2, 0.25) is 0 Å². The number of nitrogens with zero attached hydrogens (tertiary/aromatic N) is 5. The summed E-state index contributed by atoms with van der Waals surface area (Å²) in [7, 11) is 1.90. The standard InChI is InChI=1S/C17H13N5O2/c1-21-8-12(5-20-21)14-6-19-17-7-18-13(9-22(14)17)11-2-3-15-16(4-11)24-10-23-15/h2-9H,10H2,1H3. The zero-order valence-electron chi connectivity index (χ0n) is 12.9. The van der Waals surface area contributed by atoms with E-state index >= 15 is 0 Å². The van der Waals surface area contributed by atoms with Crippen LogP contribution in [0.3, 0.4) is 0 Å². The minimum Gasteiger partial charge on any atom is -0.454 e. The Morgan fingerprint density at radius 1 is 0.958 bits per heavy atom. The fourth-order valence-electron chi connectivity index (χ4n) is 2.86. The van der Waals surface area contributed by atoms with Crippen LogP contribution >= 0.6 is 0 Å². The fourth-order valence-corrected chi connectivity index (χ4v) is 2.86. The molecule has 0 bridgehead atoms. The topological polar surface area (TPSA) is 66.5 Å². The number of ether oxygens (including phenoxy) is 2. The zero-order chi connectivity index (χ0) is 16.1. The Morgan fingerprint density at radius 3 is 2.75 bits per heavy atom. The van der Waals surface area contributed by atoms with Crippen molar-refractivity contribution in [2.24, 2.45) is 7.05 Å². The maximum absolute atomic E-state index is 5.45. The first-order valence-corrected chi connectivity index (χ1v) is 7.50. The average Bonchev–Trinajstić information content (AvgIpc) is 3.32. The third kappa shape index (κ3) is 1.95. The van der Waals surface area contributed by atoms with Gasteiger partial charge in [-0.2, -0.15) is 5.10 Å². The third-order valence-electron chi connectivity index (χ3n) is 4.06. The van der Waals surface area contributed by atoms with Crippen molar-refractivity contribution in [3.05, 3.63) is 49.2 Å². The van der Waals surface area contributed by atoms with Gasteiger partial charge in [-0.05, 0) is 18.2 Å². The quantitative estimate of drug-likeness (QED) is 0.568. The van der Waals surface area contributed by atoms with E-state index in [2.05, 4.69) is 15.1 Å². The maximum Gasteiger partial charge on any atom is 0.231 e. The van der Waals surface area contributed by atoms with Gasteiger partial charge in [0.1, 0.15) is 0 Å². The molecule has 0 unspecified atom stereocenters. The number of rotatable bonds is 2. The number of aromatic nitrogens is 5. The molecule has 1 aliphatic heterocycles. The van der Waals surface area contributed by atoms with Gasteiger partial charge in [0.25, 0.3) is 0 Å². The Kier molecular flexibility index (Phi) is 2.64. The summed E-state index contributed by atoms with van der Waals surface area (Å²) in [4.78, 5) is 8.93. The Morgan fingerprint density at radius 2 is 1.88 bits per heavy atom. The van der Waals surface area contributed by atoms with Gasteiger partial charge >= 0.3 is 0 Å².